The van der Waals surface area contributed by atoms with Crippen molar-refractivity contribution in [3.8, 4) is 0 Å². The molecule has 3 heterocycles. The molecule has 2 fully saturated rings. The summed E-state index contributed by atoms with van der Waals surface area (Å²) in [6.07, 6.45) is 2.50. The normalized spacial score (nSPS) is 21.4. The highest BCUT2D eigenvalue weighted by Gasteiger charge is 2.45. The van der Waals surface area contributed by atoms with Gasteiger partial charge in [-0.1, -0.05) is 30.3 Å². The highest BCUT2D eigenvalue weighted by Crippen LogP contribution is 2.36. The average molecular weight is 396 g/mol. The van der Waals surface area contributed by atoms with E-state index in [0.29, 0.717) is 44.8 Å². The molecule has 0 aliphatic carbocycles. The molecule has 4 rings (SSSR count). The number of benzene rings is 1. The van der Waals surface area contributed by atoms with Gasteiger partial charge in [0.05, 0.1) is 24.1 Å². The van der Waals surface area contributed by atoms with Crippen LogP contribution in [0.25, 0.3) is 0 Å². The molecule has 2 aromatic rings. The summed E-state index contributed by atoms with van der Waals surface area (Å²) in [6.45, 7) is 1.50. The first kappa shape index (κ1) is 19.2. The number of carboxylic acids is 1. The molecule has 7 nitrogen and oxygen atoms in total. The van der Waals surface area contributed by atoms with E-state index in [4.69, 9.17) is 4.42 Å². The molecular formula is C22H24N2O5. The lowest BCUT2D eigenvalue weighted by Gasteiger charge is -2.40. The van der Waals surface area contributed by atoms with Crippen LogP contribution in [0.3, 0.4) is 0 Å². The second-order valence-electron chi connectivity index (χ2n) is 7.83. The van der Waals surface area contributed by atoms with Gasteiger partial charge < -0.3 is 19.3 Å². The zero-order chi connectivity index (χ0) is 20.4. The number of carboxylic acid groups (broad SMARTS) is 1. The summed E-state index contributed by atoms with van der Waals surface area (Å²) in [7, 11) is 0. The number of piperidine rings is 1. The molecule has 152 valence electrons. The molecule has 7 heteroatoms. The van der Waals surface area contributed by atoms with Crippen molar-refractivity contribution in [1.82, 2.24) is 9.80 Å². The van der Waals surface area contributed by atoms with Gasteiger partial charge in [-0.05, 0) is 30.5 Å². The Balaban J connectivity index is 1.40. The lowest BCUT2D eigenvalue weighted by atomic mass is 9.72. The Morgan fingerprint density at radius 2 is 1.83 bits per heavy atom. The third kappa shape index (κ3) is 3.64. The van der Waals surface area contributed by atoms with Crippen LogP contribution in [0.15, 0.2) is 53.1 Å². The third-order valence-corrected chi connectivity index (χ3v) is 6.15. The van der Waals surface area contributed by atoms with Crippen LogP contribution in [0.2, 0.25) is 0 Å². The van der Waals surface area contributed by atoms with Gasteiger partial charge in [0.25, 0.3) is 0 Å². The summed E-state index contributed by atoms with van der Waals surface area (Å²) in [5.74, 6) is -0.658. The molecule has 1 aromatic carbocycles. The molecule has 0 bridgehead atoms. The number of rotatable bonds is 5. The molecular weight excluding hydrogens is 372 g/mol. The van der Waals surface area contributed by atoms with E-state index in [-0.39, 0.29) is 24.2 Å². The van der Waals surface area contributed by atoms with E-state index in [1.807, 2.05) is 36.4 Å². The van der Waals surface area contributed by atoms with Crippen molar-refractivity contribution in [3.05, 3.63) is 60.1 Å². The number of nitrogens with zero attached hydrogens (tertiary/aromatic N) is 2. The van der Waals surface area contributed by atoms with Crippen molar-refractivity contribution < 1.29 is 23.9 Å². The smallest absolute Gasteiger partial charge is 0.314 e. The first-order chi connectivity index (χ1) is 14.0. The fraction of sp³-hybridized carbons (Fsp3) is 0.409. The van der Waals surface area contributed by atoms with Crippen LogP contribution in [0.4, 0.5) is 0 Å². The average Bonchev–Trinajstić information content (AvgIpc) is 3.38. The number of likely N-dealkylation sites (tertiary alicyclic amines) is 2. The van der Waals surface area contributed by atoms with Crippen molar-refractivity contribution in [2.24, 2.45) is 5.92 Å². The molecule has 2 saturated heterocycles. The zero-order valence-corrected chi connectivity index (χ0v) is 16.1. The summed E-state index contributed by atoms with van der Waals surface area (Å²) in [5, 5.41) is 9.91. The van der Waals surface area contributed by atoms with Gasteiger partial charge in [-0.25, -0.2) is 0 Å². The highest BCUT2D eigenvalue weighted by atomic mass is 16.4. The maximum atomic E-state index is 13.0. The first-order valence-corrected chi connectivity index (χ1v) is 9.87. The topological polar surface area (TPSA) is 91.1 Å². The molecule has 0 radical (unpaired) electrons. The standard InChI is InChI=1S/C22H24N2O5/c25-19-13-16(14-24(19)15-18-7-4-12-29-18)20(26)23-10-8-22(9-11-23,21(27)28)17-5-2-1-3-6-17/h1-7,12,16H,8-11,13-15H2,(H,27,28)/t16-/m1/s1. The molecule has 0 unspecified atom stereocenters. The van der Waals surface area contributed by atoms with E-state index in [2.05, 4.69) is 0 Å². The zero-order valence-electron chi connectivity index (χ0n) is 16.1. The lowest BCUT2D eigenvalue weighted by Crippen LogP contribution is -2.50. The van der Waals surface area contributed by atoms with Crippen molar-refractivity contribution in [1.29, 1.82) is 0 Å². The molecule has 0 saturated carbocycles. The Morgan fingerprint density at radius 1 is 1.10 bits per heavy atom. The molecule has 29 heavy (non-hydrogen) atoms. The van der Waals surface area contributed by atoms with Gasteiger partial charge >= 0.3 is 5.97 Å². The maximum absolute atomic E-state index is 13.0. The highest BCUT2D eigenvalue weighted by molar-refractivity contribution is 5.89. The Kier molecular flexibility index (Phi) is 5.13. The van der Waals surface area contributed by atoms with E-state index < -0.39 is 11.4 Å². The monoisotopic (exact) mass is 396 g/mol. The van der Waals surface area contributed by atoms with Gasteiger partial charge in [-0.3, -0.25) is 14.4 Å². The van der Waals surface area contributed by atoms with Crippen molar-refractivity contribution in [2.45, 2.75) is 31.2 Å². The summed E-state index contributed by atoms with van der Waals surface area (Å²) in [4.78, 5) is 40.8. The summed E-state index contributed by atoms with van der Waals surface area (Å²) in [5.41, 5.74) is -0.185. The number of furan rings is 1. The minimum Gasteiger partial charge on any atom is -0.481 e. The van der Waals surface area contributed by atoms with Gasteiger partial charge in [0.2, 0.25) is 11.8 Å². The van der Waals surface area contributed by atoms with Gasteiger partial charge in [0, 0.05) is 26.1 Å². The van der Waals surface area contributed by atoms with E-state index in [0.717, 1.165) is 5.56 Å². The molecule has 2 aliphatic heterocycles. The quantitative estimate of drug-likeness (QED) is 0.837. The van der Waals surface area contributed by atoms with Crippen LogP contribution in [-0.2, 0) is 26.3 Å². The van der Waals surface area contributed by atoms with Crippen LogP contribution in [0.1, 0.15) is 30.6 Å². The van der Waals surface area contributed by atoms with E-state index in [1.54, 1.807) is 22.1 Å². The second kappa shape index (κ2) is 7.73. The van der Waals surface area contributed by atoms with Crippen LogP contribution >= 0.6 is 0 Å². The third-order valence-electron chi connectivity index (χ3n) is 6.15. The number of amides is 2. The maximum Gasteiger partial charge on any atom is 0.314 e. The molecule has 2 amide bonds. The molecule has 2 aliphatic rings. The van der Waals surface area contributed by atoms with Crippen LogP contribution in [-0.4, -0.2) is 52.3 Å². The Morgan fingerprint density at radius 3 is 2.45 bits per heavy atom. The fourth-order valence-corrected chi connectivity index (χ4v) is 4.43. The predicted molar refractivity (Wildman–Crippen MR) is 104 cm³/mol. The molecule has 1 N–H and O–H groups in total. The van der Waals surface area contributed by atoms with E-state index in [1.165, 1.54) is 0 Å². The molecule has 1 atom stereocenters. The molecule has 1 aromatic heterocycles. The number of hydrogen-bond acceptors (Lipinski definition) is 4. The second-order valence-corrected chi connectivity index (χ2v) is 7.83. The first-order valence-electron chi connectivity index (χ1n) is 9.87. The van der Waals surface area contributed by atoms with Crippen molar-refractivity contribution >= 4 is 17.8 Å². The number of carbonyl (C=O) groups excluding carboxylic acids is 2. The van der Waals surface area contributed by atoms with Crippen molar-refractivity contribution in [3.63, 3.8) is 0 Å². The fourth-order valence-electron chi connectivity index (χ4n) is 4.43. The van der Waals surface area contributed by atoms with Gasteiger partial charge in [0.15, 0.2) is 0 Å². The Hall–Kier alpha value is -3.09. The van der Waals surface area contributed by atoms with Gasteiger partial charge in [0.1, 0.15) is 5.76 Å². The minimum absolute atomic E-state index is 0.0547. The number of carbonyl (C=O) groups is 3. The van der Waals surface area contributed by atoms with Crippen LogP contribution in [0.5, 0.6) is 0 Å². The van der Waals surface area contributed by atoms with Crippen LogP contribution in [0, 0.1) is 5.92 Å². The van der Waals surface area contributed by atoms with Crippen LogP contribution < -0.4 is 0 Å². The minimum atomic E-state index is -0.963. The number of aliphatic carboxylic acids is 1. The van der Waals surface area contributed by atoms with Gasteiger partial charge in [-0.2, -0.15) is 0 Å². The lowest BCUT2D eigenvalue weighted by molar-refractivity contribution is -0.149. The van der Waals surface area contributed by atoms with E-state index >= 15 is 0 Å². The summed E-state index contributed by atoms with van der Waals surface area (Å²) < 4.78 is 5.30. The summed E-state index contributed by atoms with van der Waals surface area (Å²) >= 11 is 0. The Labute approximate surface area is 168 Å². The number of hydrogen-bond donors (Lipinski definition) is 1. The van der Waals surface area contributed by atoms with E-state index in [9.17, 15) is 19.5 Å². The van der Waals surface area contributed by atoms with Crippen molar-refractivity contribution in [2.75, 3.05) is 19.6 Å². The summed E-state index contributed by atoms with van der Waals surface area (Å²) in [6, 6.07) is 12.8. The Bertz CT molecular complexity index is 885. The SMILES string of the molecule is O=C1C[C@@H](C(=O)N2CCC(C(=O)O)(c3ccccc3)CC2)CN1Cc1ccco1. The van der Waals surface area contributed by atoms with Gasteiger partial charge in [-0.15, -0.1) is 0 Å². The predicted octanol–water partition coefficient (Wildman–Crippen LogP) is 2.27. The largest absolute Gasteiger partial charge is 0.481 e. The molecule has 0 spiro atoms.